The number of nitrogens with zero attached hydrogens (tertiary/aromatic N) is 2. The van der Waals surface area contributed by atoms with Crippen LogP contribution in [-0.2, 0) is 4.79 Å². The predicted molar refractivity (Wildman–Crippen MR) is 73.2 cm³/mol. The molecule has 2 fully saturated rings. The number of hydrogen-bond acceptors (Lipinski definition) is 3. The molecule has 6 nitrogen and oxygen atoms in total. The Morgan fingerprint density at radius 2 is 1.95 bits per heavy atom. The van der Waals surface area contributed by atoms with Crippen molar-refractivity contribution in [3.8, 4) is 0 Å². The molecular weight excluding hydrogens is 301 g/mol. The number of carbonyl (C=O) groups is 2. The van der Waals surface area contributed by atoms with Crippen LogP contribution in [0.15, 0.2) is 0 Å². The molecule has 2 aliphatic rings. The highest BCUT2D eigenvalue weighted by molar-refractivity contribution is 5.87. The lowest BCUT2D eigenvalue weighted by Crippen LogP contribution is -2.60. The first-order chi connectivity index (χ1) is 10.3. The summed E-state index contributed by atoms with van der Waals surface area (Å²) < 4.78 is 36.9. The van der Waals surface area contributed by atoms with Crippen molar-refractivity contribution in [3.63, 3.8) is 0 Å². The summed E-state index contributed by atoms with van der Waals surface area (Å²) in [7, 11) is 0. The Balaban J connectivity index is 1.78. The Kier molecular flexibility index (Phi) is 5.15. The fourth-order valence-electron chi connectivity index (χ4n) is 2.81. The van der Waals surface area contributed by atoms with Crippen molar-refractivity contribution in [1.29, 1.82) is 0 Å². The van der Waals surface area contributed by atoms with Gasteiger partial charge < -0.3 is 15.5 Å². The fraction of sp³-hybridized carbons (Fsp3) is 0.846. The summed E-state index contributed by atoms with van der Waals surface area (Å²) in [6, 6.07) is -0.995. The van der Waals surface area contributed by atoms with E-state index in [1.165, 1.54) is 9.80 Å². The Morgan fingerprint density at radius 3 is 2.55 bits per heavy atom. The average molecular weight is 322 g/mol. The number of piperidine rings is 1. The van der Waals surface area contributed by atoms with Gasteiger partial charge in [-0.2, -0.15) is 13.2 Å². The number of halogens is 3. The van der Waals surface area contributed by atoms with Crippen molar-refractivity contribution in [3.05, 3.63) is 0 Å². The molecule has 1 atom stereocenters. The van der Waals surface area contributed by atoms with Crippen LogP contribution in [0.25, 0.3) is 0 Å². The Bertz CT molecular complexity index is 422. The number of hydrogen-bond donors (Lipinski definition) is 2. The van der Waals surface area contributed by atoms with Gasteiger partial charge in [-0.15, -0.1) is 0 Å². The minimum Gasteiger partial charge on any atom is -0.353 e. The zero-order chi connectivity index (χ0) is 16.3. The third kappa shape index (κ3) is 4.49. The van der Waals surface area contributed by atoms with Gasteiger partial charge in [0.05, 0.1) is 6.54 Å². The van der Waals surface area contributed by atoms with Crippen LogP contribution in [-0.4, -0.2) is 72.7 Å². The molecule has 2 heterocycles. The Labute approximate surface area is 127 Å². The quantitative estimate of drug-likeness (QED) is 0.780. The lowest BCUT2D eigenvalue weighted by atomic mass is 10.1. The second-order valence-corrected chi connectivity index (χ2v) is 5.78. The molecular formula is C13H21F3N4O2. The summed E-state index contributed by atoms with van der Waals surface area (Å²) in [5.74, 6) is -0.193. The summed E-state index contributed by atoms with van der Waals surface area (Å²) in [5, 5.41) is 5.50. The van der Waals surface area contributed by atoms with E-state index in [2.05, 4.69) is 10.6 Å². The van der Waals surface area contributed by atoms with E-state index in [1.807, 2.05) is 0 Å². The third-order valence-electron chi connectivity index (χ3n) is 4.08. The average Bonchev–Trinajstić information content (AvgIpc) is 2.42. The van der Waals surface area contributed by atoms with Crippen molar-refractivity contribution >= 4 is 11.9 Å². The maximum absolute atomic E-state index is 12.3. The van der Waals surface area contributed by atoms with E-state index >= 15 is 0 Å². The number of piperazine rings is 1. The molecule has 0 bridgehead atoms. The van der Waals surface area contributed by atoms with Crippen LogP contribution >= 0.6 is 0 Å². The van der Waals surface area contributed by atoms with Crippen LogP contribution in [0.3, 0.4) is 0 Å². The molecule has 3 amide bonds. The van der Waals surface area contributed by atoms with Crippen LogP contribution in [0.4, 0.5) is 18.0 Å². The Hall–Kier alpha value is -1.51. The fourth-order valence-corrected chi connectivity index (χ4v) is 2.81. The zero-order valence-electron chi connectivity index (χ0n) is 12.4. The molecule has 0 aliphatic carbocycles. The summed E-state index contributed by atoms with van der Waals surface area (Å²) >= 11 is 0. The minimum atomic E-state index is -4.19. The largest absolute Gasteiger partial charge is 0.401 e. The normalized spacial score (nSPS) is 25.0. The Morgan fingerprint density at radius 1 is 1.32 bits per heavy atom. The van der Waals surface area contributed by atoms with Gasteiger partial charge in [-0.05, 0) is 19.8 Å². The number of likely N-dealkylation sites (tertiary alicyclic amines) is 1. The van der Waals surface area contributed by atoms with Crippen LogP contribution in [0, 0.1) is 0 Å². The molecule has 0 aromatic rings. The lowest BCUT2D eigenvalue weighted by Gasteiger charge is -2.36. The lowest BCUT2D eigenvalue weighted by molar-refractivity contribution is -0.148. The van der Waals surface area contributed by atoms with Gasteiger partial charge in [0, 0.05) is 32.2 Å². The number of alkyl halides is 3. The van der Waals surface area contributed by atoms with E-state index in [4.69, 9.17) is 0 Å². The number of amides is 3. The zero-order valence-corrected chi connectivity index (χ0v) is 12.4. The summed E-state index contributed by atoms with van der Waals surface area (Å²) in [6.45, 7) is 2.21. The summed E-state index contributed by atoms with van der Waals surface area (Å²) in [5.41, 5.74) is 0. The van der Waals surface area contributed by atoms with E-state index in [-0.39, 0.29) is 18.0 Å². The van der Waals surface area contributed by atoms with Crippen molar-refractivity contribution in [2.24, 2.45) is 0 Å². The first-order valence-corrected chi connectivity index (χ1v) is 7.40. The smallest absolute Gasteiger partial charge is 0.353 e. The molecule has 9 heteroatoms. The molecule has 0 aromatic carbocycles. The molecule has 22 heavy (non-hydrogen) atoms. The van der Waals surface area contributed by atoms with Gasteiger partial charge >= 0.3 is 12.2 Å². The number of carbonyl (C=O) groups excluding carboxylic acids is 2. The van der Waals surface area contributed by atoms with Crippen LogP contribution in [0.2, 0.25) is 0 Å². The van der Waals surface area contributed by atoms with E-state index < -0.39 is 18.8 Å². The SMILES string of the molecule is CC1C(=O)NCCN1C(=O)NC1CCN(CC(F)(F)F)CC1. The second kappa shape index (κ2) is 6.72. The number of rotatable bonds is 2. The highest BCUT2D eigenvalue weighted by Gasteiger charge is 2.34. The second-order valence-electron chi connectivity index (χ2n) is 5.78. The monoisotopic (exact) mass is 322 g/mol. The van der Waals surface area contributed by atoms with E-state index in [1.54, 1.807) is 6.92 Å². The van der Waals surface area contributed by atoms with Crippen molar-refractivity contribution < 1.29 is 22.8 Å². The molecule has 126 valence electrons. The molecule has 0 radical (unpaired) electrons. The van der Waals surface area contributed by atoms with Gasteiger partial charge in [0.1, 0.15) is 6.04 Å². The van der Waals surface area contributed by atoms with Crippen molar-refractivity contribution in [2.75, 3.05) is 32.7 Å². The molecule has 2 saturated heterocycles. The molecule has 0 spiro atoms. The van der Waals surface area contributed by atoms with Gasteiger partial charge in [0.25, 0.3) is 0 Å². The van der Waals surface area contributed by atoms with E-state index in [9.17, 15) is 22.8 Å². The van der Waals surface area contributed by atoms with Crippen molar-refractivity contribution in [1.82, 2.24) is 20.4 Å². The first-order valence-electron chi connectivity index (χ1n) is 7.40. The van der Waals surface area contributed by atoms with E-state index in [0.717, 1.165) is 0 Å². The third-order valence-corrected chi connectivity index (χ3v) is 4.08. The molecule has 1 unspecified atom stereocenters. The first kappa shape index (κ1) is 16.9. The number of urea groups is 1. The van der Waals surface area contributed by atoms with Gasteiger partial charge in [0.15, 0.2) is 0 Å². The van der Waals surface area contributed by atoms with Gasteiger partial charge in [0.2, 0.25) is 5.91 Å². The van der Waals surface area contributed by atoms with E-state index in [0.29, 0.717) is 39.0 Å². The van der Waals surface area contributed by atoms with Gasteiger partial charge in [-0.1, -0.05) is 0 Å². The van der Waals surface area contributed by atoms with Crippen LogP contribution in [0.5, 0.6) is 0 Å². The molecule has 2 rings (SSSR count). The number of nitrogens with one attached hydrogen (secondary N) is 2. The van der Waals surface area contributed by atoms with Crippen molar-refractivity contribution in [2.45, 2.75) is 38.0 Å². The van der Waals surface area contributed by atoms with Crippen LogP contribution in [0.1, 0.15) is 19.8 Å². The topological polar surface area (TPSA) is 64.7 Å². The molecule has 0 saturated carbocycles. The highest BCUT2D eigenvalue weighted by atomic mass is 19.4. The summed E-state index contributed by atoms with van der Waals surface area (Å²) in [4.78, 5) is 26.5. The molecule has 2 aliphatic heterocycles. The molecule has 2 N–H and O–H groups in total. The molecule has 0 aromatic heterocycles. The van der Waals surface area contributed by atoms with Gasteiger partial charge in [-0.25, -0.2) is 4.79 Å². The van der Waals surface area contributed by atoms with Gasteiger partial charge in [-0.3, -0.25) is 9.69 Å². The predicted octanol–water partition coefficient (Wildman–Crippen LogP) is 0.543. The van der Waals surface area contributed by atoms with Crippen LogP contribution < -0.4 is 10.6 Å². The standard InChI is InChI=1S/C13H21F3N4O2/c1-9-11(21)17-4-7-20(9)12(22)18-10-2-5-19(6-3-10)8-13(14,15)16/h9-10H,2-8H2,1H3,(H,17,21)(H,18,22). The highest BCUT2D eigenvalue weighted by Crippen LogP contribution is 2.20. The maximum Gasteiger partial charge on any atom is 0.401 e. The minimum absolute atomic E-state index is 0.144. The summed E-state index contributed by atoms with van der Waals surface area (Å²) in [6.07, 6.45) is -3.22. The maximum atomic E-state index is 12.3.